The Bertz CT molecular complexity index is 278. The summed E-state index contributed by atoms with van der Waals surface area (Å²) in [5.41, 5.74) is 1.17. The maximum Gasteiger partial charge on any atom is 0.126 e. The normalized spacial score (nSPS) is 10.8. The molecule has 1 aromatic carbocycles. The van der Waals surface area contributed by atoms with Crippen LogP contribution in [0, 0.1) is 0 Å². The van der Waals surface area contributed by atoms with Crippen molar-refractivity contribution in [3.05, 3.63) is 35.9 Å². The minimum atomic E-state index is 0. The number of benzene rings is 1. The van der Waals surface area contributed by atoms with Crippen LogP contribution in [0.5, 0.6) is 5.75 Å². The Kier molecular flexibility index (Phi) is 10.3. The molecule has 1 aliphatic heterocycles. The predicted octanol–water partition coefficient (Wildman–Crippen LogP) is 2.08. The van der Waals surface area contributed by atoms with E-state index in [1.54, 1.807) is 0 Å². The van der Waals surface area contributed by atoms with E-state index in [1.807, 2.05) is 30.3 Å². The Labute approximate surface area is 123 Å². The van der Waals surface area contributed by atoms with Gasteiger partial charge in [0.2, 0.25) is 0 Å². The molecule has 13 heavy (non-hydrogen) atoms. The van der Waals surface area contributed by atoms with Gasteiger partial charge in [0, 0.05) is 70.9 Å². The summed E-state index contributed by atoms with van der Waals surface area (Å²) >= 11 is 0. The van der Waals surface area contributed by atoms with E-state index in [-0.39, 0.29) is 65.4 Å². The van der Waals surface area contributed by atoms with Gasteiger partial charge in [0.05, 0.1) is 0 Å². The Morgan fingerprint density at radius 2 is 1.85 bits per heavy atom. The van der Waals surface area contributed by atoms with E-state index in [1.165, 1.54) is 5.56 Å². The first kappa shape index (κ1) is 16.3. The third-order valence-corrected chi connectivity index (χ3v) is 1.55. The molecule has 2 rings (SSSR count). The number of ether oxygens (including phenoxy) is 1. The Hall–Kier alpha value is 0.890. The summed E-state index contributed by atoms with van der Waals surface area (Å²) in [7, 11) is 0. The molecule has 1 aromatic rings. The first-order valence-corrected chi connectivity index (χ1v) is 3.35. The SMILES string of the molecule is C1=Cc2ccccc2OC1.[Co].[Ta].[Zr]. The van der Waals surface area contributed by atoms with Crippen molar-refractivity contribution in [2.75, 3.05) is 6.61 Å². The van der Waals surface area contributed by atoms with Crippen LogP contribution < -0.4 is 4.74 Å². The van der Waals surface area contributed by atoms with Crippen molar-refractivity contribution in [1.29, 1.82) is 0 Å². The van der Waals surface area contributed by atoms with Gasteiger partial charge in [-0.15, -0.1) is 0 Å². The minimum Gasteiger partial charge on any atom is -0.489 e. The van der Waals surface area contributed by atoms with Crippen molar-refractivity contribution in [3.63, 3.8) is 0 Å². The maximum absolute atomic E-state index is 5.34. The van der Waals surface area contributed by atoms with Crippen LogP contribution in [-0.2, 0) is 65.4 Å². The number of hydrogen-bond acceptors (Lipinski definition) is 1. The van der Waals surface area contributed by atoms with Gasteiger partial charge >= 0.3 is 0 Å². The fourth-order valence-electron chi connectivity index (χ4n) is 1.06. The van der Waals surface area contributed by atoms with E-state index in [0.29, 0.717) is 6.61 Å². The standard InChI is InChI=1S/C9H8O.Co.Ta.Zr/c1-2-6-9-8(4-1)5-3-7-10-9;;;/h1-6H,7H2;;;. The molecule has 0 bridgehead atoms. The summed E-state index contributed by atoms with van der Waals surface area (Å²) in [5, 5.41) is 0. The molecule has 0 aliphatic carbocycles. The van der Waals surface area contributed by atoms with Gasteiger partial charge in [0.25, 0.3) is 0 Å². The molecule has 0 atom stereocenters. The number of hydrogen-bond donors (Lipinski definition) is 0. The van der Waals surface area contributed by atoms with Crippen LogP contribution in [-0.4, -0.2) is 6.61 Å². The van der Waals surface area contributed by atoms with Crippen molar-refractivity contribution >= 4 is 6.08 Å². The fraction of sp³-hybridized carbons (Fsp3) is 0.111. The molecule has 0 fully saturated rings. The Morgan fingerprint density at radius 1 is 1.15 bits per heavy atom. The average Bonchev–Trinajstić information content (AvgIpc) is 2.05. The smallest absolute Gasteiger partial charge is 0.126 e. The zero-order valence-electron chi connectivity index (χ0n) is 6.86. The predicted molar refractivity (Wildman–Crippen MR) is 41.0 cm³/mol. The minimum absolute atomic E-state index is 0. The van der Waals surface area contributed by atoms with Crippen LogP contribution in [0.3, 0.4) is 0 Å². The number of para-hydroxylation sites is 1. The summed E-state index contributed by atoms with van der Waals surface area (Å²) in [6, 6.07) is 8.03. The molecular weight excluding hydrogens is 455 g/mol. The molecule has 1 nitrogen and oxygen atoms in total. The second kappa shape index (κ2) is 8.22. The maximum atomic E-state index is 5.34. The zero-order chi connectivity index (χ0) is 6.81. The van der Waals surface area contributed by atoms with Gasteiger partial charge in [-0.25, -0.2) is 0 Å². The van der Waals surface area contributed by atoms with E-state index in [2.05, 4.69) is 6.08 Å². The van der Waals surface area contributed by atoms with Gasteiger partial charge in [-0.3, -0.25) is 0 Å². The molecule has 0 unspecified atom stereocenters. The molecule has 68 valence electrons. The number of fused-ring (bicyclic) bond motifs is 1. The van der Waals surface area contributed by atoms with Crippen molar-refractivity contribution < 1.29 is 70.1 Å². The van der Waals surface area contributed by atoms with E-state index in [4.69, 9.17) is 4.74 Å². The summed E-state index contributed by atoms with van der Waals surface area (Å²) in [5.74, 6) is 0.991. The largest absolute Gasteiger partial charge is 0.489 e. The molecule has 0 saturated carbocycles. The van der Waals surface area contributed by atoms with Crippen molar-refractivity contribution in [2.24, 2.45) is 0 Å². The summed E-state index contributed by atoms with van der Waals surface area (Å²) in [4.78, 5) is 0. The van der Waals surface area contributed by atoms with Crippen LogP contribution in [0.2, 0.25) is 0 Å². The summed E-state index contributed by atoms with van der Waals surface area (Å²) in [6.07, 6.45) is 4.10. The molecule has 0 spiro atoms. The summed E-state index contributed by atoms with van der Waals surface area (Å²) in [6.45, 7) is 0.705. The molecule has 0 saturated heterocycles. The van der Waals surface area contributed by atoms with E-state index >= 15 is 0 Å². The molecule has 0 N–H and O–H groups in total. The van der Waals surface area contributed by atoms with Gasteiger partial charge in [-0.05, 0) is 12.1 Å². The first-order valence-electron chi connectivity index (χ1n) is 3.35. The van der Waals surface area contributed by atoms with Gasteiger partial charge in [0.1, 0.15) is 12.4 Å². The van der Waals surface area contributed by atoms with Crippen LogP contribution in [0.1, 0.15) is 5.56 Å². The van der Waals surface area contributed by atoms with E-state index < -0.39 is 0 Å². The Morgan fingerprint density at radius 3 is 2.54 bits per heavy atom. The third-order valence-electron chi connectivity index (χ3n) is 1.55. The van der Waals surface area contributed by atoms with Crippen LogP contribution in [0.15, 0.2) is 30.3 Å². The van der Waals surface area contributed by atoms with Crippen LogP contribution in [0.4, 0.5) is 0 Å². The van der Waals surface area contributed by atoms with Gasteiger partial charge in [-0.1, -0.05) is 24.3 Å². The molecular formula is C9H8CoOTaZr. The number of rotatable bonds is 0. The monoisotopic (exact) mass is 462 g/mol. The van der Waals surface area contributed by atoms with Crippen molar-refractivity contribution in [2.45, 2.75) is 0 Å². The molecule has 0 aromatic heterocycles. The summed E-state index contributed by atoms with van der Waals surface area (Å²) < 4.78 is 5.34. The fourth-order valence-corrected chi connectivity index (χ4v) is 1.06. The molecule has 1 aliphatic rings. The quantitative estimate of drug-likeness (QED) is 0.573. The van der Waals surface area contributed by atoms with Crippen molar-refractivity contribution in [3.8, 4) is 5.75 Å². The van der Waals surface area contributed by atoms with E-state index in [0.717, 1.165) is 5.75 Å². The topological polar surface area (TPSA) is 9.23 Å². The second-order valence-corrected chi connectivity index (χ2v) is 2.25. The zero-order valence-corrected chi connectivity index (χ0v) is 13.6. The molecule has 0 amide bonds. The second-order valence-electron chi connectivity index (χ2n) is 2.25. The average molecular weight is 463 g/mol. The molecule has 1 heterocycles. The molecule has 2 radical (unpaired) electrons. The van der Waals surface area contributed by atoms with Gasteiger partial charge in [-0.2, -0.15) is 0 Å². The van der Waals surface area contributed by atoms with Crippen LogP contribution >= 0.6 is 0 Å². The Balaban J connectivity index is 0. The van der Waals surface area contributed by atoms with Crippen molar-refractivity contribution in [1.82, 2.24) is 0 Å². The van der Waals surface area contributed by atoms with Crippen LogP contribution in [0.25, 0.3) is 6.08 Å². The van der Waals surface area contributed by atoms with E-state index in [9.17, 15) is 0 Å². The van der Waals surface area contributed by atoms with Gasteiger partial charge in [0.15, 0.2) is 0 Å². The third kappa shape index (κ3) is 4.28. The first-order chi connectivity index (χ1) is 4.97. The van der Waals surface area contributed by atoms with Gasteiger partial charge < -0.3 is 4.74 Å². The molecule has 4 heteroatoms.